The third-order valence-corrected chi connectivity index (χ3v) is 4.50. The number of nitrogens with zero attached hydrogens (tertiary/aromatic N) is 3. The summed E-state index contributed by atoms with van der Waals surface area (Å²) in [5.41, 5.74) is 1.10. The van der Waals surface area contributed by atoms with E-state index in [4.69, 9.17) is 0 Å². The monoisotopic (exact) mass is 411 g/mol. The fraction of sp³-hybridized carbons (Fsp3) is 0.625. The molecule has 0 radical (unpaired) electrons. The second-order valence-electron chi connectivity index (χ2n) is 6.14. The summed E-state index contributed by atoms with van der Waals surface area (Å²) in [5, 5.41) is 6.28. The topological polar surface area (TPSA) is 60.5 Å². The smallest absolute Gasteiger partial charge is 0.237 e. The van der Waals surface area contributed by atoms with Crippen LogP contribution in [0.15, 0.2) is 18.3 Å². The van der Waals surface area contributed by atoms with Crippen molar-refractivity contribution in [3.63, 3.8) is 0 Å². The Balaban J connectivity index is 0.00000192. The Bertz CT molecular complexity index is 520. The van der Waals surface area contributed by atoms with Crippen LogP contribution in [0.1, 0.15) is 18.4 Å². The van der Waals surface area contributed by atoms with E-state index in [1.165, 1.54) is 0 Å². The molecule has 1 atom stereocenters. The van der Waals surface area contributed by atoms with Crippen LogP contribution in [0.2, 0.25) is 0 Å². The Labute approximate surface area is 168 Å². The first-order chi connectivity index (χ1) is 10.7. The van der Waals surface area contributed by atoms with E-state index >= 15 is 0 Å². The van der Waals surface area contributed by atoms with E-state index in [1.807, 2.05) is 12.3 Å². The minimum Gasteiger partial charge on any atom is -0.354 e. The molecule has 2 N–H and O–H groups in total. The van der Waals surface area contributed by atoms with Gasteiger partial charge in [0.05, 0.1) is 6.04 Å². The van der Waals surface area contributed by atoms with Crippen LogP contribution in [0.3, 0.4) is 0 Å². The third kappa shape index (κ3) is 6.46. The van der Waals surface area contributed by atoms with Gasteiger partial charge in [-0.1, -0.05) is 6.07 Å². The summed E-state index contributed by atoms with van der Waals surface area (Å²) in [6, 6.07) is 3.97. The third-order valence-electron chi connectivity index (χ3n) is 4.50. The Morgan fingerprint density at radius 3 is 2.64 bits per heavy atom. The van der Waals surface area contributed by atoms with Crippen LogP contribution in [0, 0.1) is 0 Å². The number of amides is 1. The van der Waals surface area contributed by atoms with Gasteiger partial charge in [-0.25, -0.2) is 4.98 Å². The van der Waals surface area contributed by atoms with Gasteiger partial charge in [0.15, 0.2) is 0 Å². The van der Waals surface area contributed by atoms with Crippen molar-refractivity contribution in [2.75, 3.05) is 44.7 Å². The molecule has 0 aliphatic carbocycles. The first-order valence-electron chi connectivity index (χ1n) is 8.12. The minimum atomic E-state index is -0.0243. The van der Waals surface area contributed by atoms with E-state index in [0.717, 1.165) is 56.9 Å². The molecular formula is C16H28Cl3N5O. The quantitative estimate of drug-likeness (QED) is 0.784. The molecule has 6 nitrogen and oxygen atoms in total. The van der Waals surface area contributed by atoms with Crippen molar-refractivity contribution < 1.29 is 4.79 Å². The number of pyridine rings is 1. The second kappa shape index (κ2) is 11.8. The molecule has 2 aliphatic heterocycles. The largest absolute Gasteiger partial charge is 0.354 e. The molecule has 1 aromatic heterocycles. The van der Waals surface area contributed by atoms with E-state index < -0.39 is 0 Å². The molecule has 2 aliphatic rings. The number of carbonyl (C=O) groups is 1. The summed E-state index contributed by atoms with van der Waals surface area (Å²) in [6.07, 6.45) is 3.85. The molecule has 0 unspecified atom stereocenters. The summed E-state index contributed by atoms with van der Waals surface area (Å²) >= 11 is 0. The van der Waals surface area contributed by atoms with E-state index in [1.54, 1.807) is 0 Å². The minimum absolute atomic E-state index is 0. The maximum absolute atomic E-state index is 12.1. The van der Waals surface area contributed by atoms with E-state index in [0.29, 0.717) is 6.54 Å². The van der Waals surface area contributed by atoms with Crippen molar-refractivity contribution >= 4 is 48.9 Å². The standard InChI is InChI=1S/C16H25N5O.3ClH/c1-20-8-10-21(11-9-20)15-13(4-2-7-18-15)12-19-16(22)14-5-3-6-17-14;;;/h2,4,7,14,17H,3,5-6,8-12H2,1H3,(H,19,22);3*1H/t14-;;;/m0.../s1. The summed E-state index contributed by atoms with van der Waals surface area (Å²) in [5.74, 6) is 1.11. The Hall–Kier alpha value is -0.790. The van der Waals surface area contributed by atoms with Gasteiger partial charge in [-0.2, -0.15) is 0 Å². The van der Waals surface area contributed by atoms with Crippen LogP contribution in [0.5, 0.6) is 0 Å². The van der Waals surface area contributed by atoms with Crippen LogP contribution in [-0.4, -0.2) is 61.6 Å². The molecular weight excluding hydrogens is 385 g/mol. The van der Waals surface area contributed by atoms with Gasteiger partial charge in [-0.3, -0.25) is 4.79 Å². The van der Waals surface area contributed by atoms with Crippen LogP contribution in [-0.2, 0) is 11.3 Å². The Kier molecular flexibility index (Phi) is 11.4. The lowest BCUT2D eigenvalue weighted by atomic mass is 10.2. The van der Waals surface area contributed by atoms with E-state index in [2.05, 4.69) is 38.5 Å². The van der Waals surface area contributed by atoms with Gasteiger partial charge in [0, 0.05) is 44.5 Å². The lowest BCUT2D eigenvalue weighted by Gasteiger charge is -2.34. The van der Waals surface area contributed by atoms with Crippen molar-refractivity contribution in [3.05, 3.63) is 23.9 Å². The first kappa shape index (κ1) is 24.2. The zero-order valence-electron chi connectivity index (χ0n) is 14.4. The highest BCUT2D eigenvalue weighted by Gasteiger charge is 2.22. The van der Waals surface area contributed by atoms with Crippen molar-refractivity contribution in [1.82, 2.24) is 20.5 Å². The summed E-state index contributed by atoms with van der Waals surface area (Å²) in [7, 11) is 2.14. The predicted molar refractivity (Wildman–Crippen MR) is 109 cm³/mol. The molecule has 3 rings (SSSR count). The molecule has 1 aromatic rings. The highest BCUT2D eigenvalue weighted by Crippen LogP contribution is 2.18. The lowest BCUT2D eigenvalue weighted by Crippen LogP contribution is -2.45. The summed E-state index contributed by atoms with van der Waals surface area (Å²) in [6.45, 7) is 5.56. The summed E-state index contributed by atoms with van der Waals surface area (Å²) in [4.78, 5) is 21.3. The molecule has 0 saturated carbocycles. The van der Waals surface area contributed by atoms with Gasteiger partial charge in [-0.15, -0.1) is 37.2 Å². The molecule has 9 heteroatoms. The normalized spacial score (nSPS) is 20.0. The number of anilines is 1. The average molecular weight is 413 g/mol. The zero-order valence-corrected chi connectivity index (χ0v) is 16.9. The first-order valence-corrected chi connectivity index (χ1v) is 8.12. The molecule has 2 saturated heterocycles. The van der Waals surface area contributed by atoms with Crippen LogP contribution in [0.25, 0.3) is 0 Å². The maximum Gasteiger partial charge on any atom is 0.237 e. The molecule has 0 aromatic carbocycles. The average Bonchev–Trinajstić information content (AvgIpc) is 3.08. The molecule has 2 fully saturated rings. The van der Waals surface area contributed by atoms with Crippen LogP contribution in [0.4, 0.5) is 5.82 Å². The van der Waals surface area contributed by atoms with Gasteiger partial charge in [0.25, 0.3) is 0 Å². The Morgan fingerprint density at radius 1 is 1.28 bits per heavy atom. The fourth-order valence-electron chi connectivity index (χ4n) is 3.09. The second-order valence-corrected chi connectivity index (χ2v) is 6.14. The SMILES string of the molecule is CN1CCN(c2ncccc2CNC(=O)[C@@H]2CCCN2)CC1.Cl.Cl.Cl. The Morgan fingerprint density at radius 2 is 2.00 bits per heavy atom. The highest BCUT2D eigenvalue weighted by atomic mass is 35.5. The van der Waals surface area contributed by atoms with Crippen molar-refractivity contribution in [3.8, 4) is 0 Å². The van der Waals surface area contributed by atoms with E-state index in [9.17, 15) is 4.79 Å². The van der Waals surface area contributed by atoms with Crippen LogP contribution >= 0.6 is 37.2 Å². The van der Waals surface area contributed by atoms with Crippen molar-refractivity contribution in [1.29, 1.82) is 0 Å². The van der Waals surface area contributed by atoms with Gasteiger partial charge in [0.1, 0.15) is 5.82 Å². The molecule has 1 amide bonds. The number of nitrogens with one attached hydrogen (secondary N) is 2. The van der Waals surface area contributed by atoms with Gasteiger partial charge < -0.3 is 20.4 Å². The lowest BCUT2D eigenvalue weighted by molar-refractivity contribution is -0.122. The van der Waals surface area contributed by atoms with Gasteiger partial charge >= 0.3 is 0 Å². The molecule has 3 heterocycles. The number of hydrogen-bond donors (Lipinski definition) is 2. The van der Waals surface area contributed by atoms with Crippen LogP contribution < -0.4 is 15.5 Å². The number of hydrogen-bond acceptors (Lipinski definition) is 5. The number of rotatable bonds is 4. The predicted octanol–water partition coefficient (Wildman–Crippen LogP) is 1.47. The van der Waals surface area contributed by atoms with Gasteiger partial charge in [0.2, 0.25) is 5.91 Å². The number of likely N-dealkylation sites (N-methyl/N-ethyl adjacent to an activating group) is 1. The number of piperazine rings is 1. The highest BCUT2D eigenvalue weighted by molar-refractivity contribution is 5.86. The number of halogens is 3. The van der Waals surface area contributed by atoms with E-state index in [-0.39, 0.29) is 49.2 Å². The maximum atomic E-state index is 12.1. The number of aromatic nitrogens is 1. The molecule has 0 spiro atoms. The van der Waals surface area contributed by atoms with Crippen molar-refractivity contribution in [2.45, 2.75) is 25.4 Å². The molecule has 144 valence electrons. The molecule has 25 heavy (non-hydrogen) atoms. The van der Waals surface area contributed by atoms with Crippen molar-refractivity contribution in [2.24, 2.45) is 0 Å². The summed E-state index contributed by atoms with van der Waals surface area (Å²) < 4.78 is 0. The number of carbonyl (C=O) groups excluding carboxylic acids is 1. The molecule has 0 bridgehead atoms. The van der Waals surface area contributed by atoms with Gasteiger partial charge in [-0.05, 0) is 32.5 Å². The zero-order chi connectivity index (χ0) is 15.4. The fourth-order valence-corrected chi connectivity index (χ4v) is 3.09.